The molecule has 0 bridgehead atoms. The van der Waals surface area contributed by atoms with E-state index in [2.05, 4.69) is 67.7 Å². The van der Waals surface area contributed by atoms with Gasteiger partial charge >= 0.3 is 5.97 Å². The van der Waals surface area contributed by atoms with Gasteiger partial charge in [-0.1, -0.05) is 62.4 Å². The third-order valence-corrected chi connectivity index (χ3v) is 5.42. The van der Waals surface area contributed by atoms with Crippen LogP contribution in [0.25, 0.3) is 11.1 Å². The summed E-state index contributed by atoms with van der Waals surface area (Å²) in [6.07, 6.45) is 0.550. The molecule has 4 heteroatoms. The Morgan fingerprint density at radius 3 is 2.20 bits per heavy atom. The smallest absolute Gasteiger partial charge is 0.336 e. The summed E-state index contributed by atoms with van der Waals surface area (Å²) in [6.45, 7) is 7.06. The van der Waals surface area contributed by atoms with Crippen LogP contribution < -0.4 is 5.32 Å². The van der Waals surface area contributed by atoms with E-state index in [1.54, 1.807) is 6.07 Å². The maximum absolute atomic E-state index is 11.6. The molecule has 0 radical (unpaired) electrons. The zero-order valence-corrected chi connectivity index (χ0v) is 17.6. The van der Waals surface area contributed by atoms with E-state index in [0.29, 0.717) is 18.0 Å². The number of aryl methyl sites for hydroxylation is 1. The summed E-state index contributed by atoms with van der Waals surface area (Å²) in [5, 5.41) is 12.9. The molecular weight excluding hydrogens is 372 g/mol. The van der Waals surface area contributed by atoms with Crippen LogP contribution in [0.4, 0.5) is 5.69 Å². The molecule has 30 heavy (non-hydrogen) atoms. The van der Waals surface area contributed by atoms with Crippen molar-refractivity contribution in [3.8, 4) is 11.1 Å². The number of aromatic carboxylic acids is 1. The molecule has 4 rings (SSSR count). The number of nitrogens with one attached hydrogen (secondary N) is 1. The zero-order chi connectivity index (χ0) is 21.3. The van der Waals surface area contributed by atoms with Gasteiger partial charge in [0.05, 0.1) is 17.0 Å². The van der Waals surface area contributed by atoms with Crippen LogP contribution in [0.5, 0.6) is 0 Å². The van der Waals surface area contributed by atoms with Gasteiger partial charge in [0.2, 0.25) is 0 Å². The molecule has 0 fully saturated rings. The van der Waals surface area contributed by atoms with Gasteiger partial charge in [-0.15, -0.1) is 0 Å². The number of benzene rings is 3. The number of hydrogen-bond acceptors (Lipinski definition) is 3. The lowest BCUT2D eigenvalue weighted by atomic mass is 9.96. The molecule has 0 spiro atoms. The highest BCUT2D eigenvalue weighted by Crippen LogP contribution is 2.33. The fourth-order valence-corrected chi connectivity index (χ4v) is 3.78. The molecule has 152 valence electrons. The predicted octanol–water partition coefficient (Wildman–Crippen LogP) is 5.54. The molecule has 3 aromatic rings. The lowest BCUT2D eigenvalue weighted by molar-refractivity contribution is 0.0696. The van der Waals surface area contributed by atoms with Crippen molar-refractivity contribution in [3.05, 3.63) is 88.5 Å². The summed E-state index contributed by atoms with van der Waals surface area (Å²) >= 11 is 0. The van der Waals surface area contributed by atoms with Gasteiger partial charge in [-0.05, 0) is 52.4 Å². The molecule has 0 unspecified atom stereocenters. The Labute approximate surface area is 177 Å². The largest absolute Gasteiger partial charge is 0.478 e. The van der Waals surface area contributed by atoms with E-state index in [1.165, 1.54) is 11.1 Å². The maximum Gasteiger partial charge on any atom is 0.336 e. The number of carboxylic acid groups (broad SMARTS) is 1. The fourth-order valence-electron chi connectivity index (χ4n) is 3.78. The van der Waals surface area contributed by atoms with Gasteiger partial charge in [-0.3, -0.25) is 4.99 Å². The second-order valence-corrected chi connectivity index (χ2v) is 8.16. The molecule has 1 heterocycles. The summed E-state index contributed by atoms with van der Waals surface area (Å²) in [5.41, 5.74) is 8.39. The minimum absolute atomic E-state index is 0.354. The Morgan fingerprint density at radius 2 is 1.60 bits per heavy atom. The lowest BCUT2D eigenvalue weighted by Gasteiger charge is -2.09. The standard InChI is InChI=1S/C26H26N2O2/c1-16(2)27-15-18-4-6-19(7-5-18)20-8-10-21(11-9-20)24-14-22-23(26(29)30)12-17(3)13-25(22)28-24/h4-13,16,27H,14-15H2,1-3H3,(H,29,30). The van der Waals surface area contributed by atoms with Crippen molar-refractivity contribution in [1.29, 1.82) is 0 Å². The number of rotatable bonds is 6. The molecule has 4 nitrogen and oxygen atoms in total. The highest BCUT2D eigenvalue weighted by atomic mass is 16.4. The normalized spacial score (nSPS) is 12.7. The van der Waals surface area contributed by atoms with E-state index in [9.17, 15) is 9.90 Å². The van der Waals surface area contributed by atoms with Gasteiger partial charge in [-0.25, -0.2) is 4.79 Å². The summed E-state index contributed by atoms with van der Waals surface area (Å²) < 4.78 is 0. The molecule has 3 aromatic carbocycles. The van der Waals surface area contributed by atoms with E-state index < -0.39 is 5.97 Å². The van der Waals surface area contributed by atoms with Crippen molar-refractivity contribution >= 4 is 17.4 Å². The molecule has 0 aliphatic carbocycles. The van der Waals surface area contributed by atoms with Crippen LogP contribution >= 0.6 is 0 Å². The Hall–Kier alpha value is -3.24. The maximum atomic E-state index is 11.6. The third kappa shape index (κ3) is 4.19. The summed E-state index contributed by atoms with van der Waals surface area (Å²) in [4.78, 5) is 16.3. The summed E-state index contributed by atoms with van der Waals surface area (Å²) in [5.74, 6) is -0.895. The Bertz CT molecular complexity index is 1110. The van der Waals surface area contributed by atoms with Gasteiger partial charge < -0.3 is 10.4 Å². The van der Waals surface area contributed by atoms with Crippen LogP contribution in [0, 0.1) is 6.92 Å². The molecule has 0 saturated carbocycles. The van der Waals surface area contributed by atoms with Crippen molar-refractivity contribution in [2.45, 2.75) is 39.8 Å². The van der Waals surface area contributed by atoms with E-state index in [-0.39, 0.29) is 0 Å². The average Bonchev–Trinajstić information content (AvgIpc) is 3.16. The fraction of sp³-hybridized carbons (Fsp3) is 0.231. The predicted molar refractivity (Wildman–Crippen MR) is 122 cm³/mol. The van der Waals surface area contributed by atoms with Crippen molar-refractivity contribution in [3.63, 3.8) is 0 Å². The number of carboxylic acids is 1. The number of hydrogen-bond donors (Lipinski definition) is 2. The second-order valence-electron chi connectivity index (χ2n) is 8.16. The molecule has 0 atom stereocenters. The van der Waals surface area contributed by atoms with Crippen LogP contribution in [0.3, 0.4) is 0 Å². The minimum atomic E-state index is -0.895. The van der Waals surface area contributed by atoms with Crippen molar-refractivity contribution in [1.82, 2.24) is 5.32 Å². The van der Waals surface area contributed by atoms with Crippen LogP contribution in [0.1, 0.15) is 46.5 Å². The Morgan fingerprint density at radius 1 is 1.00 bits per heavy atom. The molecular formula is C26H26N2O2. The number of carbonyl (C=O) groups is 1. The monoisotopic (exact) mass is 398 g/mol. The van der Waals surface area contributed by atoms with Crippen molar-refractivity contribution < 1.29 is 9.90 Å². The first-order valence-corrected chi connectivity index (χ1v) is 10.3. The highest BCUT2D eigenvalue weighted by molar-refractivity contribution is 6.09. The lowest BCUT2D eigenvalue weighted by Crippen LogP contribution is -2.21. The SMILES string of the molecule is Cc1cc2c(c(C(=O)O)c1)CC(c1ccc(-c3ccc(CNC(C)C)cc3)cc1)=N2. The van der Waals surface area contributed by atoms with Crippen molar-refractivity contribution in [2.24, 2.45) is 4.99 Å². The van der Waals surface area contributed by atoms with Gasteiger partial charge in [0, 0.05) is 19.0 Å². The summed E-state index contributed by atoms with van der Waals surface area (Å²) in [6, 6.07) is 21.1. The molecule has 1 aliphatic rings. The van der Waals surface area contributed by atoms with Crippen LogP contribution in [0.2, 0.25) is 0 Å². The van der Waals surface area contributed by atoms with Gasteiger partial charge in [0.1, 0.15) is 0 Å². The Balaban J connectivity index is 1.52. The first-order chi connectivity index (χ1) is 14.4. The molecule has 0 aromatic heterocycles. The molecule has 0 amide bonds. The van der Waals surface area contributed by atoms with Gasteiger partial charge in [-0.2, -0.15) is 0 Å². The topological polar surface area (TPSA) is 61.7 Å². The Kier molecular flexibility index (Phi) is 5.51. The zero-order valence-electron chi connectivity index (χ0n) is 17.6. The van der Waals surface area contributed by atoms with E-state index in [4.69, 9.17) is 4.99 Å². The third-order valence-electron chi connectivity index (χ3n) is 5.42. The number of aliphatic imine (C=N–C) groups is 1. The number of nitrogens with zero attached hydrogens (tertiary/aromatic N) is 1. The first kappa shape index (κ1) is 20.0. The van der Waals surface area contributed by atoms with Crippen LogP contribution in [-0.4, -0.2) is 22.8 Å². The van der Waals surface area contributed by atoms with E-state index in [1.807, 2.05) is 13.0 Å². The second kappa shape index (κ2) is 8.25. The van der Waals surface area contributed by atoms with Gasteiger partial charge in [0.15, 0.2) is 0 Å². The van der Waals surface area contributed by atoms with Crippen molar-refractivity contribution in [2.75, 3.05) is 0 Å². The number of fused-ring (bicyclic) bond motifs is 1. The van der Waals surface area contributed by atoms with E-state index >= 15 is 0 Å². The minimum Gasteiger partial charge on any atom is -0.478 e. The molecule has 1 aliphatic heterocycles. The molecule has 2 N–H and O–H groups in total. The van der Waals surface area contributed by atoms with E-state index in [0.717, 1.165) is 40.2 Å². The molecule has 0 saturated heterocycles. The van der Waals surface area contributed by atoms with Crippen LogP contribution in [-0.2, 0) is 13.0 Å². The highest BCUT2D eigenvalue weighted by Gasteiger charge is 2.22. The van der Waals surface area contributed by atoms with Gasteiger partial charge in [0.25, 0.3) is 0 Å². The average molecular weight is 399 g/mol. The van der Waals surface area contributed by atoms with Crippen LogP contribution in [0.15, 0.2) is 65.7 Å². The quantitative estimate of drug-likeness (QED) is 0.573. The first-order valence-electron chi connectivity index (χ1n) is 10.3. The summed E-state index contributed by atoms with van der Waals surface area (Å²) in [7, 11) is 0.